The van der Waals surface area contributed by atoms with Gasteiger partial charge in [-0.3, -0.25) is 4.98 Å². The second-order valence-electron chi connectivity index (χ2n) is 3.78. The van der Waals surface area contributed by atoms with Gasteiger partial charge >= 0.3 is 0 Å². The largest absolute Gasteiger partial charge is 0.490 e. The summed E-state index contributed by atoms with van der Waals surface area (Å²) in [5.74, 6) is 0.805. The lowest BCUT2D eigenvalue weighted by Gasteiger charge is -2.10. The minimum absolute atomic E-state index is 0.625. The first-order chi connectivity index (χ1) is 8.36. The van der Waals surface area contributed by atoms with E-state index in [1.54, 1.807) is 12.4 Å². The third-order valence-corrected chi connectivity index (χ3v) is 2.47. The van der Waals surface area contributed by atoms with Crippen molar-refractivity contribution in [1.82, 2.24) is 4.98 Å². The van der Waals surface area contributed by atoms with Crippen LogP contribution in [0.3, 0.4) is 0 Å². The van der Waals surface area contributed by atoms with Crippen LogP contribution < -0.4 is 10.1 Å². The van der Waals surface area contributed by atoms with E-state index in [0.29, 0.717) is 6.61 Å². The maximum absolute atomic E-state index is 5.54. The summed E-state index contributed by atoms with van der Waals surface area (Å²) in [6, 6.07) is 12.0. The second-order valence-corrected chi connectivity index (χ2v) is 3.78. The number of nitrogens with zero attached hydrogens (tertiary/aromatic N) is 1. The summed E-state index contributed by atoms with van der Waals surface area (Å²) in [6.07, 6.45) is 3.45. The smallest absolute Gasteiger partial charge is 0.137 e. The zero-order chi connectivity index (χ0) is 11.9. The molecule has 1 aromatic heterocycles. The van der Waals surface area contributed by atoms with Crippen LogP contribution in [-0.2, 0) is 0 Å². The Morgan fingerprint density at radius 3 is 2.82 bits per heavy atom. The van der Waals surface area contributed by atoms with Crippen LogP contribution in [-0.4, -0.2) is 18.1 Å². The van der Waals surface area contributed by atoms with E-state index in [0.717, 1.165) is 18.0 Å². The molecule has 0 atom stereocenters. The summed E-state index contributed by atoms with van der Waals surface area (Å²) in [5, 5.41) is 3.34. The molecular formula is C14H16N2O. The van der Waals surface area contributed by atoms with Gasteiger partial charge in [-0.15, -0.1) is 0 Å². The summed E-state index contributed by atoms with van der Waals surface area (Å²) < 4.78 is 5.54. The van der Waals surface area contributed by atoms with Crippen LogP contribution in [0.2, 0.25) is 0 Å². The molecule has 17 heavy (non-hydrogen) atoms. The molecule has 0 spiro atoms. The van der Waals surface area contributed by atoms with Crippen molar-refractivity contribution in [2.75, 3.05) is 18.5 Å². The number of benzene rings is 1. The van der Waals surface area contributed by atoms with Crippen molar-refractivity contribution in [3.63, 3.8) is 0 Å². The number of hydrogen-bond acceptors (Lipinski definition) is 3. The van der Waals surface area contributed by atoms with Crippen LogP contribution >= 0.6 is 0 Å². The number of hydrogen-bond donors (Lipinski definition) is 1. The summed E-state index contributed by atoms with van der Waals surface area (Å²) in [6.45, 7) is 3.49. The van der Waals surface area contributed by atoms with Gasteiger partial charge in [0.15, 0.2) is 0 Å². The molecule has 2 rings (SSSR count). The van der Waals surface area contributed by atoms with Crippen LogP contribution in [0.25, 0.3) is 0 Å². The van der Waals surface area contributed by atoms with Gasteiger partial charge in [0.1, 0.15) is 12.4 Å². The zero-order valence-electron chi connectivity index (χ0n) is 9.89. The van der Waals surface area contributed by atoms with Crippen LogP contribution in [0.4, 0.5) is 5.69 Å². The number of anilines is 1. The second kappa shape index (κ2) is 5.89. The first kappa shape index (κ1) is 11.5. The lowest BCUT2D eigenvalue weighted by atomic mass is 10.2. The molecule has 0 unspecified atom stereocenters. The quantitative estimate of drug-likeness (QED) is 0.799. The highest BCUT2D eigenvalue weighted by atomic mass is 16.5. The molecule has 88 valence electrons. The Morgan fingerprint density at radius 1 is 1.18 bits per heavy atom. The van der Waals surface area contributed by atoms with E-state index in [1.807, 2.05) is 24.3 Å². The molecule has 1 N–H and O–H groups in total. The molecule has 0 radical (unpaired) electrons. The van der Waals surface area contributed by atoms with Crippen molar-refractivity contribution in [2.45, 2.75) is 6.92 Å². The molecule has 1 heterocycles. The number of pyridine rings is 1. The van der Waals surface area contributed by atoms with Gasteiger partial charge in [0.2, 0.25) is 0 Å². The monoisotopic (exact) mass is 228 g/mol. The molecular weight excluding hydrogens is 212 g/mol. The molecule has 0 saturated heterocycles. The lowest BCUT2D eigenvalue weighted by molar-refractivity contribution is 0.331. The minimum Gasteiger partial charge on any atom is -0.490 e. The van der Waals surface area contributed by atoms with Crippen molar-refractivity contribution in [1.29, 1.82) is 0 Å². The van der Waals surface area contributed by atoms with Gasteiger partial charge < -0.3 is 10.1 Å². The maximum Gasteiger partial charge on any atom is 0.137 e. The highest BCUT2D eigenvalue weighted by Gasteiger charge is 1.96. The first-order valence-electron chi connectivity index (χ1n) is 5.68. The van der Waals surface area contributed by atoms with Crippen LogP contribution in [0.15, 0.2) is 48.8 Å². The Hall–Kier alpha value is -2.03. The molecule has 0 aliphatic heterocycles. The molecule has 2 aromatic rings. The van der Waals surface area contributed by atoms with Gasteiger partial charge in [0.05, 0.1) is 6.20 Å². The SMILES string of the molecule is Cc1ccccc1NCCOc1cccnc1. The standard InChI is InChI=1S/C14H16N2O/c1-12-5-2-3-7-14(12)16-9-10-17-13-6-4-8-15-11-13/h2-8,11,16H,9-10H2,1H3. The average molecular weight is 228 g/mol. The van der Waals surface area contributed by atoms with Crippen LogP contribution in [0, 0.1) is 6.92 Å². The van der Waals surface area contributed by atoms with Gasteiger partial charge in [0.25, 0.3) is 0 Å². The fourth-order valence-electron chi connectivity index (χ4n) is 1.56. The van der Waals surface area contributed by atoms with Crippen LogP contribution in [0.1, 0.15) is 5.56 Å². The Morgan fingerprint density at radius 2 is 2.06 bits per heavy atom. The predicted molar refractivity (Wildman–Crippen MR) is 69.4 cm³/mol. The number of aryl methyl sites for hydroxylation is 1. The van der Waals surface area contributed by atoms with E-state index >= 15 is 0 Å². The van der Waals surface area contributed by atoms with Crippen molar-refractivity contribution in [2.24, 2.45) is 0 Å². The van der Waals surface area contributed by atoms with Crippen molar-refractivity contribution in [3.8, 4) is 5.75 Å². The van der Waals surface area contributed by atoms with Gasteiger partial charge in [-0.2, -0.15) is 0 Å². The average Bonchev–Trinajstić information content (AvgIpc) is 2.38. The van der Waals surface area contributed by atoms with E-state index in [-0.39, 0.29) is 0 Å². The Labute approximate surface area is 101 Å². The van der Waals surface area contributed by atoms with E-state index in [4.69, 9.17) is 4.74 Å². The number of para-hydroxylation sites is 1. The van der Waals surface area contributed by atoms with E-state index in [1.165, 1.54) is 5.56 Å². The maximum atomic E-state index is 5.54. The number of aromatic nitrogens is 1. The highest BCUT2D eigenvalue weighted by Crippen LogP contribution is 2.12. The topological polar surface area (TPSA) is 34.1 Å². The fourth-order valence-corrected chi connectivity index (χ4v) is 1.56. The molecule has 0 bridgehead atoms. The molecule has 0 saturated carbocycles. The molecule has 0 aliphatic carbocycles. The zero-order valence-corrected chi connectivity index (χ0v) is 9.89. The third-order valence-electron chi connectivity index (χ3n) is 2.47. The summed E-state index contributed by atoms with van der Waals surface area (Å²) in [7, 11) is 0. The Kier molecular flexibility index (Phi) is 3.97. The number of ether oxygens (including phenoxy) is 1. The highest BCUT2D eigenvalue weighted by molar-refractivity contribution is 5.50. The van der Waals surface area contributed by atoms with Crippen molar-refractivity contribution >= 4 is 5.69 Å². The molecule has 3 heteroatoms. The third kappa shape index (κ3) is 3.48. The minimum atomic E-state index is 0.625. The van der Waals surface area contributed by atoms with Crippen molar-refractivity contribution in [3.05, 3.63) is 54.4 Å². The van der Waals surface area contributed by atoms with Gasteiger partial charge in [-0.05, 0) is 30.7 Å². The normalized spacial score (nSPS) is 9.94. The molecule has 0 aliphatic rings. The Bertz CT molecular complexity index is 457. The summed E-state index contributed by atoms with van der Waals surface area (Å²) >= 11 is 0. The number of rotatable bonds is 5. The predicted octanol–water partition coefficient (Wildman–Crippen LogP) is 2.88. The first-order valence-corrected chi connectivity index (χ1v) is 5.68. The van der Waals surface area contributed by atoms with E-state index in [2.05, 4.69) is 29.4 Å². The van der Waals surface area contributed by atoms with E-state index < -0.39 is 0 Å². The molecule has 0 fully saturated rings. The van der Waals surface area contributed by atoms with E-state index in [9.17, 15) is 0 Å². The molecule has 1 aromatic carbocycles. The lowest BCUT2D eigenvalue weighted by Crippen LogP contribution is -2.12. The summed E-state index contributed by atoms with van der Waals surface area (Å²) in [4.78, 5) is 3.99. The Balaban J connectivity index is 1.76. The fraction of sp³-hybridized carbons (Fsp3) is 0.214. The van der Waals surface area contributed by atoms with Gasteiger partial charge in [0, 0.05) is 18.4 Å². The molecule has 3 nitrogen and oxygen atoms in total. The van der Waals surface area contributed by atoms with Crippen LogP contribution in [0.5, 0.6) is 5.75 Å². The summed E-state index contributed by atoms with van der Waals surface area (Å²) in [5.41, 5.74) is 2.40. The van der Waals surface area contributed by atoms with Gasteiger partial charge in [-0.25, -0.2) is 0 Å². The van der Waals surface area contributed by atoms with Crippen molar-refractivity contribution < 1.29 is 4.74 Å². The van der Waals surface area contributed by atoms with Gasteiger partial charge in [-0.1, -0.05) is 18.2 Å². The molecule has 0 amide bonds. The number of nitrogens with one attached hydrogen (secondary N) is 1.